The molecule has 106 valence electrons. The summed E-state index contributed by atoms with van der Waals surface area (Å²) in [5.41, 5.74) is 7.20. The third-order valence-electron chi connectivity index (χ3n) is 4.15. The van der Waals surface area contributed by atoms with Crippen molar-refractivity contribution in [1.82, 2.24) is 0 Å². The zero-order valence-corrected chi connectivity index (χ0v) is 12.1. The molecule has 0 radical (unpaired) electrons. The van der Waals surface area contributed by atoms with Crippen molar-refractivity contribution in [2.75, 3.05) is 0 Å². The van der Waals surface area contributed by atoms with Gasteiger partial charge < -0.3 is 5.73 Å². The van der Waals surface area contributed by atoms with Crippen LogP contribution in [0, 0.1) is 11.7 Å². The first kappa shape index (κ1) is 14.8. The van der Waals surface area contributed by atoms with Crippen LogP contribution in [0.5, 0.6) is 0 Å². The number of rotatable bonds is 5. The number of nitrogens with two attached hydrogens (primary N) is 1. The first-order valence-corrected chi connectivity index (χ1v) is 7.72. The Morgan fingerprint density at radius 3 is 2.68 bits per heavy atom. The van der Waals surface area contributed by atoms with Gasteiger partial charge in [0.25, 0.3) is 0 Å². The Kier molecular flexibility index (Phi) is 5.65. The summed E-state index contributed by atoms with van der Waals surface area (Å²) in [5, 5.41) is 0.192. The summed E-state index contributed by atoms with van der Waals surface area (Å²) in [7, 11) is 0. The molecular formula is C16H23ClFN. The third kappa shape index (κ3) is 4.77. The first-order chi connectivity index (χ1) is 9.15. The van der Waals surface area contributed by atoms with Gasteiger partial charge in [-0.1, -0.05) is 49.8 Å². The van der Waals surface area contributed by atoms with Crippen LogP contribution in [0.15, 0.2) is 18.2 Å². The van der Waals surface area contributed by atoms with Crippen molar-refractivity contribution in [3.05, 3.63) is 34.6 Å². The van der Waals surface area contributed by atoms with Crippen molar-refractivity contribution in [3.63, 3.8) is 0 Å². The highest BCUT2D eigenvalue weighted by molar-refractivity contribution is 6.30. The lowest BCUT2D eigenvalue weighted by molar-refractivity contribution is 0.323. The summed E-state index contributed by atoms with van der Waals surface area (Å²) < 4.78 is 13.1. The first-order valence-electron chi connectivity index (χ1n) is 7.34. The van der Waals surface area contributed by atoms with Gasteiger partial charge in [0, 0.05) is 6.04 Å². The SMILES string of the molecule is NC(CCC1CCCCC1)Cc1ccc(F)c(Cl)c1. The van der Waals surface area contributed by atoms with Gasteiger partial charge in [-0.25, -0.2) is 4.39 Å². The second-order valence-corrected chi connectivity index (χ2v) is 6.20. The highest BCUT2D eigenvalue weighted by Gasteiger charge is 2.15. The van der Waals surface area contributed by atoms with Crippen LogP contribution in [-0.4, -0.2) is 6.04 Å². The highest BCUT2D eigenvalue weighted by Crippen LogP contribution is 2.28. The molecule has 0 amide bonds. The van der Waals surface area contributed by atoms with E-state index in [2.05, 4.69) is 0 Å². The van der Waals surface area contributed by atoms with Crippen LogP contribution in [-0.2, 0) is 6.42 Å². The van der Waals surface area contributed by atoms with Gasteiger partial charge in [0.2, 0.25) is 0 Å². The molecule has 1 saturated carbocycles. The minimum Gasteiger partial charge on any atom is -0.327 e. The van der Waals surface area contributed by atoms with Crippen molar-refractivity contribution in [2.45, 2.75) is 57.4 Å². The molecule has 0 aliphatic heterocycles. The average Bonchev–Trinajstić information content (AvgIpc) is 2.42. The van der Waals surface area contributed by atoms with Gasteiger partial charge in [0.1, 0.15) is 5.82 Å². The Labute approximate surface area is 120 Å². The summed E-state index contributed by atoms with van der Waals surface area (Å²) in [4.78, 5) is 0. The van der Waals surface area contributed by atoms with Crippen LogP contribution in [0.3, 0.4) is 0 Å². The Balaban J connectivity index is 1.76. The van der Waals surface area contributed by atoms with Crippen molar-refractivity contribution in [3.8, 4) is 0 Å². The molecule has 1 nitrogen and oxygen atoms in total. The monoisotopic (exact) mass is 283 g/mol. The second-order valence-electron chi connectivity index (χ2n) is 5.79. The van der Waals surface area contributed by atoms with Gasteiger partial charge in [-0.2, -0.15) is 0 Å². The van der Waals surface area contributed by atoms with Crippen LogP contribution in [0.2, 0.25) is 5.02 Å². The molecule has 1 atom stereocenters. The zero-order valence-electron chi connectivity index (χ0n) is 11.4. The molecule has 19 heavy (non-hydrogen) atoms. The molecule has 1 aliphatic rings. The van der Waals surface area contributed by atoms with Gasteiger partial charge in [0.15, 0.2) is 0 Å². The summed E-state index contributed by atoms with van der Waals surface area (Å²) in [5.74, 6) is 0.512. The molecule has 3 heteroatoms. The van der Waals surface area contributed by atoms with E-state index in [4.69, 9.17) is 17.3 Å². The third-order valence-corrected chi connectivity index (χ3v) is 4.44. The average molecular weight is 284 g/mol. The van der Waals surface area contributed by atoms with E-state index >= 15 is 0 Å². The fourth-order valence-electron chi connectivity index (χ4n) is 3.00. The predicted octanol–water partition coefficient (Wildman–Crippen LogP) is 4.71. The molecule has 0 saturated heterocycles. The van der Waals surface area contributed by atoms with E-state index in [9.17, 15) is 4.39 Å². The maximum Gasteiger partial charge on any atom is 0.141 e. The van der Waals surface area contributed by atoms with E-state index in [-0.39, 0.29) is 16.9 Å². The largest absolute Gasteiger partial charge is 0.327 e. The second kappa shape index (κ2) is 7.25. The fourth-order valence-corrected chi connectivity index (χ4v) is 3.20. The van der Waals surface area contributed by atoms with E-state index in [1.54, 1.807) is 12.1 Å². The molecule has 0 aromatic heterocycles. The normalized spacial score (nSPS) is 18.5. The van der Waals surface area contributed by atoms with Crippen LogP contribution >= 0.6 is 11.6 Å². The van der Waals surface area contributed by atoms with E-state index < -0.39 is 0 Å². The number of benzene rings is 1. The van der Waals surface area contributed by atoms with Crippen LogP contribution in [0.4, 0.5) is 4.39 Å². The van der Waals surface area contributed by atoms with Crippen molar-refractivity contribution in [1.29, 1.82) is 0 Å². The van der Waals surface area contributed by atoms with Crippen LogP contribution in [0.25, 0.3) is 0 Å². The maximum absolute atomic E-state index is 13.1. The number of hydrogen-bond acceptors (Lipinski definition) is 1. The summed E-state index contributed by atoms with van der Waals surface area (Å²) in [6, 6.07) is 5.05. The molecule has 2 rings (SSSR count). The Morgan fingerprint density at radius 1 is 1.26 bits per heavy atom. The quantitative estimate of drug-likeness (QED) is 0.832. The van der Waals surface area contributed by atoms with Crippen LogP contribution < -0.4 is 5.73 Å². The van der Waals surface area contributed by atoms with Gasteiger partial charge in [-0.05, 0) is 42.9 Å². The standard InChI is InChI=1S/C16H23ClFN/c17-15-11-13(7-9-16(15)18)10-14(19)8-6-12-4-2-1-3-5-12/h7,9,11-12,14H,1-6,8,10,19H2. The van der Waals surface area contributed by atoms with Gasteiger partial charge in [-0.15, -0.1) is 0 Å². The lowest BCUT2D eigenvalue weighted by Crippen LogP contribution is -2.24. The molecule has 1 unspecified atom stereocenters. The summed E-state index contributed by atoms with van der Waals surface area (Å²) in [6.07, 6.45) is 9.98. The number of hydrogen-bond donors (Lipinski definition) is 1. The zero-order chi connectivity index (χ0) is 13.7. The van der Waals surface area contributed by atoms with Crippen LogP contribution in [0.1, 0.15) is 50.5 Å². The molecular weight excluding hydrogens is 261 g/mol. The maximum atomic E-state index is 13.1. The van der Waals surface area contributed by atoms with E-state index in [0.717, 1.165) is 24.3 Å². The fraction of sp³-hybridized carbons (Fsp3) is 0.625. The molecule has 0 heterocycles. The van der Waals surface area contributed by atoms with E-state index in [0.29, 0.717) is 0 Å². The number of halogens is 2. The molecule has 1 aromatic rings. The Hall–Kier alpha value is -0.600. The smallest absolute Gasteiger partial charge is 0.141 e. The molecule has 2 N–H and O–H groups in total. The topological polar surface area (TPSA) is 26.0 Å². The van der Waals surface area contributed by atoms with Gasteiger partial charge in [-0.3, -0.25) is 0 Å². The van der Waals surface area contributed by atoms with Crippen molar-refractivity contribution >= 4 is 11.6 Å². The van der Waals surface area contributed by atoms with E-state index in [1.807, 2.05) is 0 Å². The van der Waals surface area contributed by atoms with Gasteiger partial charge in [0.05, 0.1) is 5.02 Å². The minimum atomic E-state index is -0.360. The molecule has 1 aromatic carbocycles. The van der Waals surface area contributed by atoms with E-state index in [1.165, 1.54) is 44.6 Å². The Bertz CT molecular complexity index is 402. The molecule has 1 fully saturated rings. The lowest BCUT2D eigenvalue weighted by atomic mass is 9.85. The minimum absolute atomic E-state index is 0.156. The molecule has 0 bridgehead atoms. The van der Waals surface area contributed by atoms with Crippen molar-refractivity contribution in [2.24, 2.45) is 11.7 Å². The lowest BCUT2D eigenvalue weighted by Gasteiger charge is -2.23. The van der Waals surface area contributed by atoms with Crippen molar-refractivity contribution < 1.29 is 4.39 Å². The summed E-state index contributed by atoms with van der Waals surface area (Å²) in [6.45, 7) is 0. The summed E-state index contributed by atoms with van der Waals surface area (Å²) >= 11 is 5.78. The molecule has 0 spiro atoms. The Morgan fingerprint density at radius 2 is 2.00 bits per heavy atom. The highest BCUT2D eigenvalue weighted by atomic mass is 35.5. The molecule has 1 aliphatic carbocycles. The predicted molar refractivity (Wildman–Crippen MR) is 78.9 cm³/mol. The van der Waals surface area contributed by atoms with Gasteiger partial charge >= 0.3 is 0 Å².